The molecule has 31 heavy (non-hydrogen) atoms. The summed E-state index contributed by atoms with van der Waals surface area (Å²) in [6.45, 7) is 2.49. The van der Waals surface area contributed by atoms with Crippen LogP contribution in [0.1, 0.15) is 12.5 Å². The predicted molar refractivity (Wildman–Crippen MR) is 116 cm³/mol. The molecule has 0 aliphatic heterocycles. The first-order chi connectivity index (χ1) is 14.9. The van der Waals surface area contributed by atoms with Gasteiger partial charge in [-0.05, 0) is 61.0 Å². The van der Waals surface area contributed by atoms with Gasteiger partial charge in [0.2, 0.25) is 5.75 Å². The Kier molecular flexibility index (Phi) is 6.78. The maximum atomic E-state index is 11.2. The molecule has 0 N–H and O–H groups in total. The van der Waals surface area contributed by atoms with E-state index in [0.29, 0.717) is 12.2 Å². The highest BCUT2D eigenvalue weighted by molar-refractivity contribution is 6.32. The van der Waals surface area contributed by atoms with Gasteiger partial charge < -0.3 is 9.47 Å². The van der Waals surface area contributed by atoms with Crippen LogP contribution in [0.2, 0.25) is 5.02 Å². The lowest BCUT2D eigenvalue weighted by Gasteiger charge is -2.08. The third-order valence-electron chi connectivity index (χ3n) is 4.04. The maximum absolute atomic E-state index is 11.2. The summed E-state index contributed by atoms with van der Waals surface area (Å²) in [5.74, 6) is 0.761. The average molecular weight is 442 g/mol. The first-order valence-corrected chi connectivity index (χ1v) is 9.42. The Bertz CT molecular complexity index is 1150. The van der Waals surface area contributed by atoms with Crippen LogP contribution in [-0.2, 0) is 0 Å². The lowest BCUT2D eigenvalue weighted by atomic mass is 10.2. The van der Waals surface area contributed by atoms with Crippen molar-refractivity contribution in [2.24, 2.45) is 4.99 Å². The van der Waals surface area contributed by atoms with Crippen LogP contribution in [0.25, 0.3) is 0 Å². The topological polar surface area (TPSA) is 117 Å². The first-order valence-electron chi connectivity index (χ1n) is 9.04. The minimum Gasteiger partial charge on any atom is -0.494 e. The zero-order chi connectivity index (χ0) is 22.4. The number of ether oxygens (including phenoxy) is 2. The molecule has 0 aliphatic carbocycles. The number of nitrogens with zero attached hydrogens (tertiary/aromatic N) is 3. The smallest absolute Gasteiger partial charge is 0.318 e. The molecular formula is C21H16ClN3O6. The van der Waals surface area contributed by atoms with Crippen LogP contribution in [0.5, 0.6) is 17.2 Å². The van der Waals surface area contributed by atoms with Crippen molar-refractivity contribution in [3.8, 4) is 17.2 Å². The molecule has 9 nitrogen and oxygen atoms in total. The lowest BCUT2D eigenvalue weighted by molar-refractivity contribution is -0.394. The molecule has 158 valence electrons. The van der Waals surface area contributed by atoms with Gasteiger partial charge in [-0.3, -0.25) is 25.2 Å². The Hall–Kier alpha value is -3.98. The van der Waals surface area contributed by atoms with E-state index < -0.39 is 21.2 Å². The molecule has 0 bridgehead atoms. The standard InChI is InChI=1S/C21H16ClN3O6/c1-2-30-17-7-4-15(5-8-17)23-13-14-3-9-20(18(22)11-14)31-21-10-6-16(24(26)27)12-19(21)25(28)29/h3-13H,2H2,1H3. The van der Waals surface area contributed by atoms with Crippen molar-refractivity contribution in [3.05, 3.63) is 91.5 Å². The van der Waals surface area contributed by atoms with Gasteiger partial charge in [0.15, 0.2) is 0 Å². The minimum atomic E-state index is -0.756. The van der Waals surface area contributed by atoms with E-state index in [0.717, 1.165) is 29.6 Å². The fraction of sp³-hybridized carbons (Fsp3) is 0.0952. The molecule has 3 aromatic rings. The van der Waals surface area contributed by atoms with Crippen molar-refractivity contribution in [1.29, 1.82) is 0 Å². The van der Waals surface area contributed by atoms with E-state index in [4.69, 9.17) is 21.1 Å². The van der Waals surface area contributed by atoms with Crippen molar-refractivity contribution in [3.63, 3.8) is 0 Å². The Labute approximate surface area is 181 Å². The molecule has 0 saturated carbocycles. The summed E-state index contributed by atoms with van der Waals surface area (Å²) in [4.78, 5) is 25.0. The van der Waals surface area contributed by atoms with Crippen molar-refractivity contribution in [2.45, 2.75) is 6.92 Å². The molecule has 0 unspecified atom stereocenters. The van der Waals surface area contributed by atoms with Crippen molar-refractivity contribution in [2.75, 3.05) is 6.61 Å². The summed E-state index contributed by atoms with van der Waals surface area (Å²) >= 11 is 6.25. The second-order valence-electron chi connectivity index (χ2n) is 6.14. The van der Waals surface area contributed by atoms with Gasteiger partial charge in [0.1, 0.15) is 11.5 Å². The van der Waals surface area contributed by atoms with Crippen LogP contribution >= 0.6 is 11.6 Å². The van der Waals surface area contributed by atoms with Crippen LogP contribution in [-0.4, -0.2) is 22.7 Å². The second kappa shape index (κ2) is 9.68. The van der Waals surface area contributed by atoms with Crippen LogP contribution in [0.3, 0.4) is 0 Å². The Balaban J connectivity index is 1.78. The van der Waals surface area contributed by atoms with E-state index in [-0.39, 0.29) is 16.5 Å². The Morgan fingerprint density at radius 1 is 0.968 bits per heavy atom. The summed E-state index contributed by atoms with van der Waals surface area (Å²) in [7, 11) is 0. The third-order valence-corrected chi connectivity index (χ3v) is 4.33. The monoisotopic (exact) mass is 441 g/mol. The largest absolute Gasteiger partial charge is 0.494 e. The molecule has 0 amide bonds. The number of hydrogen-bond acceptors (Lipinski definition) is 7. The van der Waals surface area contributed by atoms with Crippen molar-refractivity contribution >= 4 is 34.9 Å². The quantitative estimate of drug-likeness (QED) is 0.237. The lowest BCUT2D eigenvalue weighted by Crippen LogP contribution is -1.96. The maximum Gasteiger partial charge on any atom is 0.318 e. The number of aliphatic imine (C=N–C) groups is 1. The minimum absolute atomic E-state index is 0.159. The van der Waals surface area contributed by atoms with Crippen LogP contribution in [0.4, 0.5) is 17.1 Å². The highest BCUT2D eigenvalue weighted by Gasteiger charge is 2.21. The second-order valence-corrected chi connectivity index (χ2v) is 6.55. The molecule has 0 aliphatic rings. The van der Waals surface area contributed by atoms with Gasteiger partial charge in [0, 0.05) is 12.3 Å². The molecule has 0 radical (unpaired) electrons. The normalized spacial score (nSPS) is 10.8. The van der Waals surface area contributed by atoms with Gasteiger partial charge in [-0.25, -0.2) is 0 Å². The molecule has 0 saturated heterocycles. The molecule has 0 atom stereocenters. The predicted octanol–water partition coefficient (Wildman–Crippen LogP) is 6.10. The number of halogens is 1. The van der Waals surface area contributed by atoms with E-state index in [9.17, 15) is 20.2 Å². The SMILES string of the molecule is CCOc1ccc(N=Cc2ccc(Oc3ccc([N+](=O)[O-])cc3[N+](=O)[O-])c(Cl)c2)cc1. The number of nitro groups is 2. The molecule has 3 aromatic carbocycles. The fourth-order valence-electron chi connectivity index (χ4n) is 2.59. The molecule has 3 rings (SSSR count). The van der Waals surface area contributed by atoms with E-state index >= 15 is 0 Å². The van der Waals surface area contributed by atoms with E-state index in [1.807, 2.05) is 31.2 Å². The van der Waals surface area contributed by atoms with E-state index in [1.54, 1.807) is 18.3 Å². The fourth-order valence-corrected chi connectivity index (χ4v) is 2.82. The zero-order valence-corrected chi connectivity index (χ0v) is 17.0. The van der Waals surface area contributed by atoms with Crippen molar-refractivity contribution in [1.82, 2.24) is 0 Å². The molecule has 0 spiro atoms. The zero-order valence-electron chi connectivity index (χ0n) is 16.2. The third kappa shape index (κ3) is 5.55. The van der Waals surface area contributed by atoms with Gasteiger partial charge in [-0.15, -0.1) is 0 Å². The number of non-ortho nitro benzene ring substituents is 1. The van der Waals surface area contributed by atoms with Crippen molar-refractivity contribution < 1.29 is 19.3 Å². The van der Waals surface area contributed by atoms with Gasteiger partial charge >= 0.3 is 5.69 Å². The average Bonchev–Trinajstić information content (AvgIpc) is 2.75. The molecule has 10 heteroatoms. The molecular weight excluding hydrogens is 426 g/mol. The first kappa shape index (κ1) is 21.7. The molecule has 0 heterocycles. The van der Waals surface area contributed by atoms with Gasteiger partial charge in [0.25, 0.3) is 5.69 Å². The Morgan fingerprint density at radius 2 is 1.68 bits per heavy atom. The highest BCUT2D eigenvalue weighted by Crippen LogP contribution is 2.37. The van der Waals surface area contributed by atoms with Crippen LogP contribution < -0.4 is 9.47 Å². The highest BCUT2D eigenvalue weighted by atomic mass is 35.5. The number of benzene rings is 3. The molecule has 0 aromatic heterocycles. The summed E-state index contributed by atoms with van der Waals surface area (Å²) in [5.41, 5.74) is 0.461. The Morgan fingerprint density at radius 3 is 2.29 bits per heavy atom. The van der Waals surface area contributed by atoms with Crippen LogP contribution in [0.15, 0.2) is 65.7 Å². The van der Waals surface area contributed by atoms with Gasteiger partial charge in [-0.2, -0.15) is 0 Å². The van der Waals surface area contributed by atoms with E-state index in [1.165, 1.54) is 6.07 Å². The summed E-state index contributed by atoms with van der Waals surface area (Å²) in [6, 6.07) is 15.2. The number of rotatable bonds is 8. The molecule has 0 fully saturated rings. The number of hydrogen-bond donors (Lipinski definition) is 0. The summed E-state index contributed by atoms with van der Waals surface area (Å²) in [6.07, 6.45) is 1.61. The van der Waals surface area contributed by atoms with Crippen LogP contribution in [0, 0.1) is 20.2 Å². The van der Waals surface area contributed by atoms with E-state index in [2.05, 4.69) is 4.99 Å². The number of nitro benzene ring substituents is 2. The van der Waals surface area contributed by atoms with Gasteiger partial charge in [0.05, 0.1) is 33.2 Å². The van der Waals surface area contributed by atoms with Gasteiger partial charge in [-0.1, -0.05) is 11.6 Å². The summed E-state index contributed by atoms with van der Waals surface area (Å²) < 4.78 is 10.9. The summed E-state index contributed by atoms with van der Waals surface area (Å²) in [5, 5.41) is 22.3.